The van der Waals surface area contributed by atoms with Gasteiger partial charge < -0.3 is 9.84 Å². The molecule has 2 N–H and O–H groups in total. The molecule has 6 nitrogen and oxygen atoms in total. The Morgan fingerprint density at radius 3 is 2.64 bits per heavy atom. The number of sulfonamides is 1. The Labute approximate surface area is 129 Å². The van der Waals surface area contributed by atoms with Crippen molar-refractivity contribution in [3.8, 4) is 0 Å². The van der Waals surface area contributed by atoms with Gasteiger partial charge in [-0.3, -0.25) is 4.79 Å². The Kier molecular flexibility index (Phi) is 6.04. The number of nitrogens with one attached hydrogen (secondary N) is 1. The third-order valence-corrected chi connectivity index (χ3v) is 4.28. The fourth-order valence-electron chi connectivity index (χ4n) is 1.74. The Hall–Kier alpha value is -1.51. The molecule has 22 heavy (non-hydrogen) atoms. The topological polar surface area (TPSA) is 92.7 Å². The number of ether oxygens (including phenoxy) is 1. The second kappa shape index (κ2) is 7.17. The van der Waals surface area contributed by atoms with Crippen molar-refractivity contribution < 1.29 is 27.4 Å². The lowest BCUT2D eigenvalue weighted by Crippen LogP contribution is -2.42. The fourth-order valence-corrected chi connectivity index (χ4v) is 2.96. The molecule has 0 saturated carbocycles. The molecule has 0 aromatic heterocycles. The first-order chi connectivity index (χ1) is 10.1. The molecular weight excluding hydrogens is 313 g/mol. The molecule has 1 rings (SSSR count). The maximum Gasteiger partial charge on any atom is 0.308 e. The number of carbonyl (C=O) groups is 1. The van der Waals surface area contributed by atoms with Gasteiger partial charge in [0.25, 0.3) is 0 Å². The van der Waals surface area contributed by atoms with Crippen molar-refractivity contribution in [3.63, 3.8) is 0 Å². The molecule has 1 atom stereocenters. The quantitative estimate of drug-likeness (QED) is 0.729. The molecule has 0 fully saturated rings. The lowest BCUT2D eigenvalue weighted by atomic mass is 10.0. The van der Waals surface area contributed by atoms with E-state index in [1.54, 1.807) is 13.8 Å². The molecule has 0 heterocycles. The van der Waals surface area contributed by atoms with Crippen LogP contribution in [-0.4, -0.2) is 38.2 Å². The summed E-state index contributed by atoms with van der Waals surface area (Å²) in [6, 6.07) is 3.72. The van der Waals surface area contributed by atoms with Gasteiger partial charge in [-0.15, -0.1) is 0 Å². The van der Waals surface area contributed by atoms with Crippen LogP contribution in [0.5, 0.6) is 0 Å². The van der Waals surface area contributed by atoms with Crippen molar-refractivity contribution in [3.05, 3.63) is 29.6 Å². The highest BCUT2D eigenvalue weighted by atomic mass is 32.2. The molecule has 0 amide bonds. The van der Waals surface area contributed by atoms with Crippen molar-refractivity contribution in [2.24, 2.45) is 0 Å². The molecule has 0 bridgehead atoms. The van der Waals surface area contributed by atoms with Crippen LogP contribution < -0.4 is 4.72 Å². The first kappa shape index (κ1) is 18.5. The van der Waals surface area contributed by atoms with Gasteiger partial charge in [-0.2, -0.15) is 0 Å². The number of aliphatic hydroxyl groups is 1. The molecule has 8 heteroatoms. The van der Waals surface area contributed by atoms with Crippen LogP contribution in [0.1, 0.15) is 25.8 Å². The summed E-state index contributed by atoms with van der Waals surface area (Å²) in [6.45, 7) is 4.27. The smallest absolute Gasteiger partial charge is 0.308 e. The first-order valence-electron chi connectivity index (χ1n) is 6.71. The Morgan fingerprint density at radius 2 is 2.09 bits per heavy atom. The molecule has 0 radical (unpaired) electrons. The zero-order valence-corrected chi connectivity index (χ0v) is 13.5. The summed E-state index contributed by atoms with van der Waals surface area (Å²) in [4.78, 5) is 10.8. The fraction of sp³-hybridized carbons (Fsp3) is 0.500. The molecule has 1 aromatic rings. The van der Waals surface area contributed by atoms with Crippen molar-refractivity contribution in [2.75, 3.05) is 13.2 Å². The number of benzene rings is 1. The molecule has 0 saturated heterocycles. The van der Waals surface area contributed by atoms with E-state index in [1.165, 1.54) is 13.0 Å². The van der Waals surface area contributed by atoms with E-state index in [-0.39, 0.29) is 13.0 Å². The van der Waals surface area contributed by atoms with Crippen LogP contribution in [0.25, 0.3) is 0 Å². The van der Waals surface area contributed by atoms with Crippen LogP contribution in [0.2, 0.25) is 0 Å². The summed E-state index contributed by atoms with van der Waals surface area (Å²) >= 11 is 0. The van der Waals surface area contributed by atoms with Gasteiger partial charge >= 0.3 is 5.97 Å². The van der Waals surface area contributed by atoms with Crippen LogP contribution in [0.15, 0.2) is 23.1 Å². The molecular formula is C14H20FNO5S. The minimum absolute atomic E-state index is 0.162. The van der Waals surface area contributed by atoms with Gasteiger partial charge in [0.2, 0.25) is 10.0 Å². The van der Waals surface area contributed by atoms with Gasteiger partial charge in [0.1, 0.15) is 10.7 Å². The van der Waals surface area contributed by atoms with Crippen molar-refractivity contribution in [1.29, 1.82) is 0 Å². The number of hydrogen-bond acceptors (Lipinski definition) is 5. The zero-order valence-electron chi connectivity index (χ0n) is 12.7. The predicted octanol–water partition coefficient (Wildman–Crippen LogP) is 1.12. The van der Waals surface area contributed by atoms with Gasteiger partial charge in [0, 0.05) is 6.54 Å². The third-order valence-electron chi connectivity index (χ3n) is 2.85. The monoisotopic (exact) mass is 333 g/mol. The Morgan fingerprint density at radius 1 is 1.45 bits per heavy atom. The molecule has 124 valence electrons. The van der Waals surface area contributed by atoms with Gasteiger partial charge in [-0.05, 0) is 38.5 Å². The highest BCUT2D eigenvalue weighted by molar-refractivity contribution is 7.89. The first-order valence-corrected chi connectivity index (χ1v) is 8.19. The van der Waals surface area contributed by atoms with E-state index in [2.05, 4.69) is 4.72 Å². The van der Waals surface area contributed by atoms with Gasteiger partial charge in [-0.25, -0.2) is 17.5 Å². The molecule has 1 aromatic carbocycles. The summed E-state index contributed by atoms with van der Waals surface area (Å²) in [5.74, 6) is -1.52. The zero-order chi connectivity index (χ0) is 17.0. The minimum Gasteiger partial charge on any atom is -0.466 e. The third kappa shape index (κ3) is 5.36. The Bertz CT molecular complexity index is 643. The van der Waals surface area contributed by atoms with Gasteiger partial charge in [0.05, 0.1) is 18.6 Å². The van der Waals surface area contributed by atoms with Crippen LogP contribution >= 0.6 is 0 Å². The number of esters is 1. The summed E-state index contributed by atoms with van der Waals surface area (Å²) in [7, 11) is -4.13. The average Bonchev–Trinajstić information content (AvgIpc) is 2.36. The number of carbonyl (C=O) groups excluding carboxylic acids is 1. The summed E-state index contributed by atoms with van der Waals surface area (Å²) in [6.07, 6.45) is -0.375. The molecule has 0 aliphatic rings. The number of aryl methyl sites for hydroxylation is 1. The summed E-state index contributed by atoms with van der Waals surface area (Å²) in [5, 5.41) is 10.0. The number of halogens is 1. The van der Waals surface area contributed by atoms with Gasteiger partial charge in [-0.1, -0.05) is 6.07 Å². The molecule has 0 aliphatic heterocycles. The minimum atomic E-state index is -4.13. The van der Waals surface area contributed by atoms with E-state index >= 15 is 0 Å². The van der Waals surface area contributed by atoms with Crippen LogP contribution in [0, 0.1) is 12.7 Å². The summed E-state index contributed by atoms with van der Waals surface area (Å²) < 4.78 is 44.6. The SMILES string of the molecule is CCOC(=O)C[C@](C)(O)CNS(=O)(=O)c1ccc(C)cc1F. The Balaban J connectivity index is 2.79. The average molecular weight is 333 g/mol. The molecule has 0 spiro atoms. The largest absolute Gasteiger partial charge is 0.466 e. The highest BCUT2D eigenvalue weighted by Gasteiger charge is 2.28. The van der Waals surface area contributed by atoms with Crippen molar-refractivity contribution >= 4 is 16.0 Å². The normalized spacial score (nSPS) is 14.4. The van der Waals surface area contributed by atoms with Crippen molar-refractivity contribution in [1.82, 2.24) is 4.72 Å². The molecule has 0 aliphatic carbocycles. The molecule has 0 unspecified atom stereocenters. The van der Waals surface area contributed by atoms with Crippen LogP contribution in [0.4, 0.5) is 4.39 Å². The lowest BCUT2D eigenvalue weighted by molar-refractivity contribution is -0.147. The van der Waals surface area contributed by atoms with Crippen LogP contribution in [0.3, 0.4) is 0 Å². The highest BCUT2D eigenvalue weighted by Crippen LogP contribution is 2.17. The number of hydrogen-bond donors (Lipinski definition) is 2. The second-order valence-electron chi connectivity index (χ2n) is 5.24. The van der Waals surface area contributed by atoms with E-state index in [1.807, 2.05) is 0 Å². The lowest BCUT2D eigenvalue weighted by Gasteiger charge is -2.22. The number of rotatable bonds is 7. The van der Waals surface area contributed by atoms with Gasteiger partial charge in [0.15, 0.2) is 0 Å². The standard InChI is InChI=1S/C14H20FNO5S/c1-4-21-13(17)8-14(3,18)9-16-22(19,20)12-6-5-10(2)7-11(12)15/h5-7,16,18H,4,8-9H2,1-3H3/t14-/m0/s1. The second-order valence-corrected chi connectivity index (χ2v) is 6.97. The van der Waals surface area contributed by atoms with E-state index in [0.717, 1.165) is 12.1 Å². The van der Waals surface area contributed by atoms with E-state index in [9.17, 15) is 22.7 Å². The van der Waals surface area contributed by atoms with E-state index < -0.39 is 38.9 Å². The maximum atomic E-state index is 13.7. The predicted molar refractivity (Wildman–Crippen MR) is 78.2 cm³/mol. The van der Waals surface area contributed by atoms with Crippen LogP contribution in [-0.2, 0) is 19.6 Å². The van der Waals surface area contributed by atoms with Crippen molar-refractivity contribution in [2.45, 2.75) is 37.7 Å². The van der Waals surface area contributed by atoms with E-state index in [0.29, 0.717) is 5.56 Å². The maximum absolute atomic E-state index is 13.7. The van der Waals surface area contributed by atoms with E-state index in [4.69, 9.17) is 4.74 Å². The summed E-state index contributed by atoms with van der Waals surface area (Å²) in [5.41, 5.74) is -1.05.